The molecule has 0 rings (SSSR count). The van der Waals surface area contributed by atoms with Crippen LogP contribution in [0.1, 0.15) is 361 Å². The topological polar surface area (TPSA) is 78.9 Å². The van der Waals surface area contributed by atoms with Crippen molar-refractivity contribution in [3.63, 3.8) is 0 Å². The van der Waals surface area contributed by atoms with E-state index in [4.69, 9.17) is 14.2 Å². The number of rotatable bonds is 59. The Hall–Kier alpha value is -1.85. The summed E-state index contributed by atoms with van der Waals surface area (Å²) in [5, 5.41) is 0. The molecule has 0 heterocycles. The number of carbonyl (C=O) groups is 3. The minimum absolute atomic E-state index is 0.0681. The number of hydrogen-bond acceptors (Lipinski definition) is 6. The Morgan fingerprint density at radius 2 is 0.471 bits per heavy atom. The molecule has 0 aromatic carbocycles. The summed E-state index contributed by atoms with van der Waals surface area (Å²) in [6.07, 6.45) is 69.3. The van der Waals surface area contributed by atoms with Crippen LogP contribution in [0.25, 0.3) is 0 Å². The second-order valence-corrected chi connectivity index (χ2v) is 21.7. The molecule has 0 aliphatic carbocycles. The summed E-state index contributed by atoms with van der Waals surface area (Å²) in [6.45, 7) is 6.70. The molecule has 0 saturated heterocycles. The van der Waals surface area contributed by atoms with E-state index in [0.717, 1.165) is 64.2 Å². The average molecular weight is 988 g/mol. The lowest BCUT2D eigenvalue weighted by atomic mass is 10.0. The van der Waals surface area contributed by atoms with E-state index >= 15 is 0 Å². The first kappa shape index (κ1) is 68.2. The number of hydrogen-bond donors (Lipinski definition) is 0. The van der Waals surface area contributed by atoms with Crippen molar-refractivity contribution in [1.29, 1.82) is 0 Å². The minimum atomic E-state index is -0.771. The Kier molecular flexibility index (Phi) is 58.1. The normalized spacial score (nSPS) is 12.0. The number of ether oxygens (including phenoxy) is 3. The van der Waals surface area contributed by atoms with Crippen LogP contribution in [-0.4, -0.2) is 37.2 Å². The monoisotopic (exact) mass is 987 g/mol. The van der Waals surface area contributed by atoms with Crippen molar-refractivity contribution in [2.45, 2.75) is 367 Å². The molecule has 0 aromatic heterocycles. The molecule has 70 heavy (non-hydrogen) atoms. The van der Waals surface area contributed by atoms with Gasteiger partial charge in [0.05, 0.1) is 0 Å². The van der Waals surface area contributed by atoms with Crippen LogP contribution in [-0.2, 0) is 28.6 Å². The van der Waals surface area contributed by atoms with E-state index in [0.29, 0.717) is 19.3 Å². The van der Waals surface area contributed by atoms with Crippen LogP contribution in [0.4, 0.5) is 0 Å². The Balaban J connectivity index is 4.29. The van der Waals surface area contributed by atoms with Crippen LogP contribution in [0.3, 0.4) is 0 Å². The highest BCUT2D eigenvalue weighted by Gasteiger charge is 2.19. The molecule has 6 nitrogen and oxygen atoms in total. The van der Waals surface area contributed by atoms with E-state index in [1.54, 1.807) is 0 Å². The van der Waals surface area contributed by atoms with Crippen molar-refractivity contribution in [1.82, 2.24) is 0 Å². The molecule has 0 fully saturated rings. The zero-order chi connectivity index (χ0) is 50.7. The number of carbonyl (C=O) groups excluding carboxylic acids is 3. The summed E-state index contributed by atoms with van der Waals surface area (Å²) in [5.41, 5.74) is 0. The highest BCUT2D eigenvalue weighted by Crippen LogP contribution is 2.18. The molecule has 1 unspecified atom stereocenters. The predicted molar refractivity (Wildman–Crippen MR) is 303 cm³/mol. The van der Waals surface area contributed by atoms with Gasteiger partial charge in [0.1, 0.15) is 13.2 Å². The van der Waals surface area contributed by atoms with E-state index in [1.807, 2.05) is 0 Å². The van der Waals surface area contributed by atoms with Crippen molar-refractivity contribution in [3.8, 4) is 0 Å². The summed E-state index contributed by atoms with van der Waals surface area (Å²) in [7, 11) is 0. The zero-order valence-electron chi connectivity index (χ0n) is 47.6. The van der Waals surface area contributed by atoms with E-state index in [-0.39, 0.29) is 31.1 Å². The van der Waals surface area contributed by atoms with Crippen molar-refractivity contribution in [2.75, 3.05) is 13.2 Å². The zero-order valence-corrected chi connectivity index (χ0v) is 47.6. The van der Waals surface area contributed by atoms with Gasteiger partial charge in [0.15, 0.2) is 6.10 Å². The molecule has 6 heteroatoms. The van der Waals surface area contributed by atoms with E-state index < -0.39 is 6.10 Å². The van der Waals surface area contributed by atoms with Gasteiger partial charge in [-0.3, -0.25) is 14.4 Å². The Labute approximate surface area is 437 Å². The van der Waals surface area contributed by atoms with Crippen molar-refractivity contribution in [2.24, 2.45) is 0 Å². The fourth-order valence-corrected chi connectivity index (χ4v) is 9.74. The summed E-state index contributed by atoms with van der Waals surface area (Å²) < 4.78 is 16.9. The Morgan fingerprint density at radius 1 is 0.271 bits per heavy atom. The van der Waals surface area contributed by atoms with Gasteiger partial charge in [-0.05, 0) is 44.9 Å². The molecule has 0 spiro atoms. The third-order valence-electron chi connectivity index (χ3n) is 14.5. The lowest BCUT2D eigenvalue weighted by Gasteiger charge is -2.18. The Bertz CT molecular complexity index is 1090. The van der Waals surface area contributed by atoms with Gasteiger partial charge >= 0.3 is 17.9 Å². The van der Waals surface area contributed by atoms with Crippen LogP contribution in [0.2, 0.25) is 0 Å². The summed E-state index contributed by atoms with van der Waals surface area (Å²) in [5.74, 6) is -0.854. The maximum Gasteiger partial charge on any atom is 0.306 e. The second-order valence-electron chi connectivity index (χ2n) is 21.7. The van der Waals surface area contributed by atoms with Gasteiger partial charge in [-0.25, -0.2) is 0 Å². The number of unbranched alkanes of at least 4 members (excludes halogenated alkanes) is 46. The summed E-state index contributed by atoms with van der Waals surface area (Å²) >= 11 is 0. The Morgan fingerprint density at radius 3 is 0.729 bits per heavy atom. The molecule has 0 amide bonds. The maximum absolute atomic E-state index is 12.9. The first-order chi connectivity index (χ1) is 34.5. The van der Waals surface area contributed by atoms with Gasteiger partial charge in [0, 0.05) is 19.3 Å². The molecule has 0 aliphatic rings. The van der Waals surface area contributed by atoms with Crippen LogP contribution >= 0.6 is 0 Å². The maximum atomic E-state index is 12.9. The number of allylic oxidation sites excluding steroid dienone is 2. The fraction of sp³-hybridized carbons (Fsp3) is 0.922. The molecule has 0 radical (unpaired) electrons. The van der Waals surface area contributed by atoms with E-state index in [9.17, 15) is 14.4 Å². The van der Waals surface area contributed by atoms with Crippen LogP contribution in [0.5, 0.6) is 0 Å². The highest BCUT2D eigenvalue weighted by atomic mass is 16.6. The molecule has 1 atom stereocenters. The lowest BCUT2D eigenvalue weighted by molar-refractivity contribution is -0.167. The summed E-state index contributed by atoms with van der Waals surface area (Å²) in [4.78, 5) is 38.3. The molecule has 0 saturated carbocycles. The molecular formula is C64H122O6. The third-order valence-corrected chi connectivity index (χ3v) is 14.5. The van der Waals surface area contributed by atoms with Crippen LogP contribution in [0, 0.1) is 0 Å². The van der Waals surface area contributed by atoms with E-state index in [1.165, 1.54) is 257 Å². The average Bonchev–Trinajstić information content (AvgIpc) is 3.36. The third kappa shape index (κ3) is 57.1. The molecular weight excluding hydrogens is 865 g/mol. The highest BCUT2D eigenvalue weighted by molar-refractivity contribution is 5.71. The van der Waals surface area contributed by atoms with Crippen LogP contribution in [0.15, 0.2) is 12.2 Å². The first-order valence-electron chi connectivity index (χ1n) is 31.7. The van der Waals surface area contributed by atoms with Gasteiger partial charge in [-0.1, -0.05) is 309 Å². The van der Waals surface area contributed by atoms with Crippen molar-refractivity contribution < 1.29 is 28.6 Å². The van der Waals surface area contributed by atoms with Crippen molar-refractivity contribution in [3.05, 3.63) is 12.2 Å². The van der Waals surface area contributed by atoms with Crippen molar-refractivity contribution >= 4 is 17.9 Å². The first-order valence-corrected chi connectivity index (χ1v) is 31.7. The fourth-order valence-electron chi connectivity index (χ4n) is 9.74. The quantitative estimate of drug-likeness (QED) is 0.0261. The second kappa shape index (κ2) is 59.7. The van der Waals surface area contributed by atoms with Gasteiger partial charge in [0.2, 0.25) is 0 Å². The van der Waals surface area contributed by atoms with Crippen LogP contribution < -0.4 is 0 Å². The minimum Gasteiger partial charge on any atom is -0.462 e. The molecule has 0 aromatic rings. The smallest absolute Gasteiger partial charge is 0.306 e. The van der Waals surface area contributed by atoms with Gasteiger partial charge in [0.25, 0.3) is 0 Å². The standard InChI is InChI=1S/C64H122O6/c1-4-7-10-13-16-19-22-25-28-30-32-34-36-39-42-45-48-51-54-57-63(66)69-60-61(59-68-62(65)56-53-50-47-44-41-38-27-24-21-18-15-12-9-6-3)70-64(67)58-55-52-49-46-43-40-37-35-33-31-29-26-23-20-17-14-11-8-5-2/h38,41,61H,4-37,39-40,42-60H2,1-3H3/b41-38-. The molecule has 414 valence electrons. The number of esters is 3. The van der Waals surface area contributed by atoms with E-state index in [2.05, 4.69) is 32.9 Å². The van der Waals surface area contributed by atoms with Gasteiger partial charge in [-0.15, -0.1) is 0 Å². The predicted octanol–water partition coefficient (Wildman–Crippen LogP) is 21.3. The lowest BCUT2D eigenvalue weighted by Crippen LogP contribution is -2.30. The van der Waals surface area contributed by atoms with Gasteiger partial charge < -0.3 is 14.2 Å². The largest absolute Gasteiger partial charge is 0.462 e. The molecule has 0 N–H and O–H groups in total. The SMILES string of the molecule is CCCCCCCCC/C=C\CCCCCC(=O)OCC(COC(=O)CCCCCCCCCCCCCCCCCCCCC)OC(=O)CCCCCCCCCCCCCCCCCCCCC. The van der Waals surface area contributed by atoms with Gasteiger partial charge in [-0.2, -0.15) is 0 Å². The summed E-state index contributed by atoms with van der Waals surface area (Å²) in [6, 6.07) is 0. The molecule has 0 bridgehead atoms. The molecule has 0 aliphatic heterocycles.